The molecule has 0 fully saturated rings. The summed E-state index contributed by atoms with van der Waals surface area (Å²) in [5.41, 5.74) is 0. The van der Waals surface area contributed by atoms with Gasteiger partial charge in [-0.3, -0.25) is 9.36 Å². The summed E-state index contributed by atoms with van der Waals surface area (Å²) in [7, 11) is 1.37. The second-order valence-corrected chi connectivity index (χ2v) is 21.7. The molecule has 0 spiro atoms. The summed E-state index contributed by atoms with van der Waals surface area (Å²) < 4.78 is 34.8. The summed E-state index contributed by atoms with van der Waals surface area (Å²) in [6, 6.07) is 0. The number of likely N-dealkylation sites (N-methyl/N-ethyl adjacent to an activating group) is 1. The predicted octanol–water partition coefficient (Wildman–Crippen LogP) is 16.9. The van der Waals surface area contributed by atoms with Crippen LogP contribution in [-0.2, 0) is 27.9 Å². The Bertz CT molecular complexity index is 1090. The van der Waals surface area contributed by atoms with Gasteiger partial charge < -0.3 is 27.9 Å². The highest BCUT2D eigenvalue weighted by Crippen LogP contribution is 2.38. The van der Waals surface area contributed by atoms with E-state index in [1.54, 1.807) is 0 Å². The molecule has 0 saturated carbocycles. The number of carbonyl (C=O) groups is 1. The number of allylic oxidation sites excluding steroid dienone is 4. The minimum atomic E-state index is -4.53. The van der Waals surface area contributed by atoms with E-state index in [1.165, 1.54) is 212 Å². The normalized spacial score (nSPS) is 13.6. The van der Waals surface area contributed by atoms with Crippen molar-refractivity contribution in [2.75, 3.05) is 54.1 Å². The van der Waals surface area contributed by atoms with E-state index in [4.69, 9.17) is 18.5 Å². The van der Waals surface area contributed by atoms with Crippen molar-refractivity contribution in [1.82, 2.24) is 0 Å². The first-order valence-electron chi connectivity index (χ1n) is 28.1. The molecule has 2 atom stereocenters. The Hall–Kier alpha value is -1.02. The third-order valence-corrected chi connectivity index (χ3v) is 13.5. The van der Waals surface area contributed by atoms with Gasteiger partial charge in [0.2, 0.25) is 0 Å². The lowest BCUT2D eigenvalue weighted by atomic mass is 10.0. The van der Waals surface area contributed by atoms with Gasteiger partial charge in [-0.1, -0.05) is 244 Å². The fourth-order valence-corrected chi connectivity index (χ4v) is 8.90. The summed E-state index contributed by atoms with van der Waals surface area (Å²) in [5, 5.41) is 0. The van der Waals surface area contributed by atoms with Crippen molar-refractivity contribution in [3.63, 3.8) is 0 Å². The van der Waals surface area contributed by atoms with Crippen LogP contribution in [0.1, 0.15) is 271 Å². The highest BCUT2D eigenvalue weighted by molar-refractivity contribution is 7.45. The molecule has 0 aliphatic carbocycles. The van der Waals surface area contributed by atoms with Crippen molar-refractivity contribution < 1.29 is 37.3 Å². The number of carbonyl (C=O) groups excluding carboxylic acids is 1. The molecule has 0 aromatic carbocycles. The molecule has 0 amide bonds. The van der Waals surface area contributed by atoms with Gasteiger partial charge in [0, 0.05) is 13.0 Å². The lowest BCUT2D eigenvalue weighted by Gasteiger charge is -2.28. The zero-order chi connectivity index (χ0) is 47.6. The standard InChI is InChI=1S/C56H110NO7P/c1-6-8-10-12-14-16-18-20-22-24-26-27-28-29-30-32-34-36-38-40-42-44-46-48-51-61-53-55(54-63-65(59,60)62-52-50-57(3,4)5)64-56(58)49-47-45-43-41-39-37-35-33-31-25-23-21-19-17-15-13-11-9-7-2/h18,20,24,26,55H,6-17,19,21-23,25,27-54H2,1-5H3/b20-18-,26-24-. The van der Waals surface area contributed by atoms with Crippen molar-refractivity contribution in [3.8, 4) is 0 Å². The van der Waals surface area contributed by atoms with Crippen LogP contribution in [-0.4, -0.2) is 70.7 Å². The van der Waals surface area contributed by atoms with Crippen LogP contribution in [0.25, 0.3) is 0 Å². The van der Waals surface area contributed by atoms with Gasteiger partial charge in [0.25, 0.3) is 7.82 Å². The van der Waals surface area contributed by atoms with Gasteiger partial charge >= 0.3 is 5.97 Å². The van der Waals surface area contributed by atoms with Crippen molar-refractivity contribution in [3.05, 3.63) is 24.3 Å². The van der Waals surface area contributed by atoms with Crippen LogP contribution in [0.15, 0.2) is 24.3 Å². The Morgan fingerprint density at radius 1 is 0.477 bits per heavy atom. The Balaban J connectivity index is 4.05. The van der Waals surface area contributed by atoms with E-state index in [2.05, 4.69) is 38.2 Å². The second kappa shape index (κ2) is 49.4. The Labute approximate surface area is 404 Å². The molecule has 0 aliphatic rings. The molecule has 2 unspecified atom stereocenters. The smallest absolute Gasteiger partial charge is 0.306 e. The number of hydrogen-bond acceptors (Lipinski definition) is 7. The number of rotatable bonds is 53. The van der Waals surface area contributed by atoms with E-state index in [0.717, 1.165) is 38.5 Å². The second-order valence-electron chi connectivity index (χ2n) is 20.3. The van der Waals surface area contributed by atoms with Gasteiger partial charge in [-0.2, -0.15) is 0 Å². The van der Waals surface area contributed by atoms with Crippen LogP contribution < -0.4 is 4.89 Å². The summed E-state index contributed by atoms with van der Waals surface area (Å²) in [4.78, 5) is 25.2. The number of nitrogens with zero attached hydrogens (tertiary/aromatic N) is 1. The molecular formula is C56H110NO7P. The van der Waals surface area contributed by atoms with Gasteiger partial charge in [0.05, 0.1) is 34.4 Å². The summed E-state index contributed by atoms with van der Waals surface area (Å²) in [6.07, 6.45) is 59.2. The van der Waals surface area contributed by atoms with E-state index in [0.29, 0.717) is 24.1 Å². The number of esters is 1. The van der Waals surface area contributed by atoms with Gasteiger partial charge in [-0.25, -0.2) is 0 Å². The van der Waals surface area contributed by atoms with Crippen molar-refractivity contribution in [2.45, 2.75) is 277 Å². The molecule has 0 aliphatic heterocycles. The maximum absolute atomic E-state index is 12.8. The van der Waals surface area contributed by atoms with Crippen molar-refractivity contribution >= 4 is 13.8 Å². The summed E-state index contributed by atoms with van der Waals surface area (Å²) in [6.45, 7) is 5.46. The van der Waals surface area contributed by atoms with Crippen molar-refractivity contribution in [2.24, 2.45) is 0 Å². The molecule has 0 N–H and O–H groups in total. The average Bonchev–Trinajstić information content (AvgIpc) is 3.27. The number of phosphoric acid groups is 1. The molecule has 8 nitrogen and oxygen atoms in total. The number of unbranched alkanes of at least 4 members (excludes halogenated alkanes) is 35. The SMILES string of the molecule is CCCCCCC/C=C\C/C=C\CCCCCCCCCCCCCCOCC(COP(=O)([O-])OCC[N+](C)(C)C)OC(=O)CCCCCCCCCCCCCCCCCCCCC. The first-order valence-corrected chi connectivity index (χ1v) is 29.5. The van der Waals surface area contributed by atoms with E-state index >= 15 is 0 Å². The third kappa shape index (κ3) is 53.8. The summed E-state index contributed by atoms with van der Waals surface area (Å²) >= 11 is 0. The molecule has 0 radical (unpaired) electrons. The molecule has 0 bridgehead atoms. The molecule has 0 saturated heterocycles. The maximum atomic E-state index is 12.8. The predicted molar refractivity (Wildman–Crippen MR) is 277 cm³/mol. The fraction of sp³-hybridized carbons (Fsp3) is 0.911. The zero-order valence-corrected chi connectivity index (χ0v) is 44.9. The van der Waals surface area contributed by atoms with Crippen LogP contribution in [0.2, 0.25) is 0 Å². The average molecular weight is 940 g/mol. The van der Waals surface area contributed by atoms with Crippen LogP contribution in [0.3, 0.4) is 0 Å². The molecule has 9 heteroatoms. The van der Waals surface area contributed by atoms with Gasteiger partial charge in [0.1, 0.15) is 19.3 Å². The van der Waals surface area contributed by atoms with Crippen LogP contribution in [0.5, 0.6) is 0 Å². The first kappa shape index (κ1) is 64.0. The molecule has 0 aromatic heterocycles. The zero-order valence-electron chi connectivity index (χ0n) is 44.0. The Kier molecular flexibility index (Phi) is 48.6. The quantitative estimate of drug-likeness (QED) is 0.0197. The summed E-state index contributed by atoms with van der Waals surface area (Å²) in [5.74, 6) is -0.328. The van der Waals surface area contributed by atoms with E-state index in [1.807, 2.05) is 21.1 Å². The van der Waals surface area contributed by atoms with E-state index in [9.17, 15) is 14.3 Å². The third-order valence-electron chi connectivity index (χ3n) is 12.5. The molecule has 0 aromatic rings. The number of ether oxygens (including phenoxy) is 2. The van der Waals surface area contributed by atoms with Gasteiger partial charge in [-0.05, 0) is 44.9 Å². The number of quaternary nitrogens is 1. The monoisotopic (exact) mass is 940 g/mol. The largest absolute Gasteiger partial charge is 0.756 e. The maximum Gasteiger partial charge on any atom is 0.306 e. The molecule has 65 heavy (non-hydrogen) atoms. The number of phosphoric ester groups is 1. The molecule has 0 rings (SSSR count). The molecule has 0 heterocycles. The molecule has 386 valence electrons. The Morgan fingerprint density at radius 2 is 0.846 bits per heavy atom. The molecular weight excluding hydrogens is 830 g/mol. The fourth-order valence-electron chi connectivity index (χ4n) is 8.17. The van der Waals surface area contributed by atoms with Crippen molar-refractivity contribution in [1.29, 1.82) is 0 Å². The highest BCUT2D eigenvalue weighted by Gasteiger charge is 2.20. The van der Waals surface area contributed by atoms with Crippen LogP contribution in [0, 0.1) is 0 Å². The minimum Gasteiger partial charge on any atom is -0.756 e. The minimum absolute atomic E-state index is 0.0287. The van der Waals surface area contributed by atoms with Gasteiger partial charge in [0.15, 0.2) is 0 Å². The van der Waals surface area contributed by atoms with Gasteiger partial charge in [-0.15, -0.1) is 0 Å². The van der Waals surface area contributed by atoms with Crippen LogP contribution >= 0.6 is 7.82 Å². The lowest BCUT2D eigenvalue weighted by molar-refractivity contribution is -0.870. The lowest BCUT2D eigenvalue weighted by Crippen LogP contribution is -2.37. The number of hydrogen-bond donors (Lipinski definition) is 0. The van der Waals surface area contributed by atoms with E-state index in [-0.39, 0.29) is 25.8 Å². The first-order chi connectivity index (χ1) is 31.6. The van der Waals surface area contributed by atoms with Crippen LogP contribution in [0.4, 0.5) is 0 Å². The van der Waals surface area contributed by atoms with E-state index < -0.39 is 13.9 Å². The Morgan fingerprint density at radius 3 is 1.25 bits per heavy atom. The highest BCUT2D eigenvalue weighted by atomic mass is 31.2. The topological polar surface area (TPSA) is 94.1 Å².